The monoisotopic (exact) mass is 473 g/mol. The molecule has 184 valence electrons. The molecular formula is C28H35N5O2. The van der Waals surface area contributed by atoms with Crippen LogP contribution in [0.1, 0.15) is 37.1 Å². The van der Waals surface area contributed by atoms with Gasteiger partial charge in [0, 0.05) is 63.1 Å². The van der Waals surface area contributed by atoms with Gasteiger partial charge in [-0.3, -0.25) is 14.6 Å². The van der Waals surface area contributed by atoms with Crippen LogP contribution in [0.4, 0.5) is 0 Å². The lowest BCUT2D eigenvalue weighted by molar-refractivity contribution is -0.122. The van der Waals surface area contributed by atoms with Crippen molar-refractivity contribution in [2.75, 3.05) is 39.3 Å². The molecule has 1 saturated heterocycles. The molecular weight excluding hydrogens is 438 g/mol. The van der Waals surface area contributed by atoms with Crippen molar-refractivity contribution in [3.63, 3.8) is 0 Å². The molecule has 3 aliphatic rings. The molecule has 35 heavy (non-hydrogen) atoms. The molecule has 0 saturated carbocycles. The zero-order valence-electron chi connectivity index (χ0n) is 20.9. The summed E-state index contributed by atoms with van der Waals surface area (Å²) in [5, 5.41) is 9.21. The number of allylic oxidation sites excluding steroid dienone is 4. The number of β-amino-alcohol motifs (C(OH)–C–C–N with tert-alkyl or cyclic N) is 1. The van der Waals surface area contributed by atoms with Gasteiger partial charge in [0.25, 0.3) is 5.91 Å². The maximum Gasteiger partial charge on any atom is 0.255 e. The van der Waals surface area contributed by atoms with Gasteiger partial charge in [0.05, 0.1) is 18.0 Å². The quantitative estimate of drug-likeness (QED) is 0.722. The van der Waals surface area contributed by atoms with Crippen LogP contribution in [-0.4, -0.2) is 74.4 Å². The first-order valence-electron chi connectivity index (χ1n) is 12.7. The smallest absolute Gasteiger partial charge is 0.255 e. The summed E-state index contributed by atoms with van der Waals surface area (Å²) < 4.78 is 2.10. The predicted octanol–water partition coefficient (Wildman–Crippen LogP) is 3.36. The first-order valence-corrected chi connectivity index (χ1v) is 12.7. The lowest BCUT2D eigenvalue weighted by Crippen LogP contribution is -2.47. The molecule has 1 atom stereocenters. The molecule has 1 amide bonds. The summed E-state index contributed by atoms with van der Waals surface area (Å²) >= 11 is 0. The molecule has 0 spiro atoms. The van der Waals surface area contributed by atoms with Crippen LogP contribution in [0.3, 0.4) is 0 Å². The number of aliphatic hydroxyl groups is 1. The van der Waals surface area contributed by atoms with E-state index in [2.05, 4.69) is 69.7 Å². The van der Waals surface area contributed by atoms with Crippen molar-refractivity contribution >= 4 is 17.1 Å². The Balaban J connectivity index is 1.44. The second-order valence-electron chi connectivity index (χ2n) is 9.73. The minimum atomic E-state index is -0.0153. The Labute approximate surface area is 207 Å². The average Bonchev–Trinajstić information content (AvgIpc) is 3.25. The molecule has 1 N–H and O–H groups in total. The van der Waals surface area contributed by atoms with Gasteiger partial charge in [-0.05, 0) is 60.6 Å². The van der Waals surface area contributed by atoms with Gasteiger partial charge in [-0.25, -0.2) is 4.98 Å². The Morgan fingerprint density at radius 3 is 2.63 bits per heavy atom. The number of imidazole rings is 1. The van der Waals surface area contributed by atoms with E-state index in [0.29, 0.717) is 0 Å². The van der Waals surface area contributed by atoms with E-state index in [9.17, 15) is 9.90 Å². The van der Waals surface area contributed by atoms with E-state index >= 15 is 0 Å². The predicted molar refractivity (Wildman–Crippen MR) is 138 cm³/mol. The summed E-state index contributed by atoms with van der Waals surface area (Å²) in [6, 6.07) is 2.20. The number of pyridine rings is 1. The van der Waals surface area contributed by atoms with Gasteiger partial charge in [0.2, 0.25) is 0 Å². The Morgan fingerprint density at radius 1 is 1.11 bits per heavy atom. The van der Waals surface area contributed by atoms with E-state index < -0.39 is 0 Å². The third-order valence-corrected chi connectivity index (χ3v) is 7.31. The number of carbonyl (C=O) groups excluding carboxylic acids is 1. The molecule has 5 rings (SSSR count). The number of carbonyl (C=O) groups is 1. The third kappa shape index (κ3) is 4.70. The Hall–Kier alpha value is -3.16. The number of aliphatic hydroxyl groups excluding tert-OH is 1. The maximum atomic E-state index is 13.6. The van der Waals surface area contributed by atoms with Crippen LogP contribution in [0.15, 0.2) is 60.4 Å². The summed E-state index contributed by atoms with van der Waals surface area (Å²) in [4.78, 5) is 24.6. The Morgan fingerprint density at radius 2 is 1.89 bits per heavy atom. The molecule has 0 radical (unpaired) electrons. The number of fused-ring (bicyclic) bond motifs is 2. The van der Waals surface area contributed by atoms with Gasteiger partial charge in [-0.15, -0.1) is 0 Å². The van der Waals surface area contributed by atoms with Gasteiger partial charge in [-0.2, -0.15) is 0 Å². The number of hydrogen-bond acceptors (Lipinski definition) is 5. The number of hydrogen-bond donors (Lipinski definition) is 1. The minimum absolute atomic E-state index is 0.0153. The van der Waals surface area contributed by atoms with Gasteiger partial charge in [0.15, 0.2) is 0 Å². The number of piperazine rings is 1. The molecule has 0 aromatic carbocycles. The van der Waals surface area contributed by atoms with E-state index in [0.717, 1.165) is 79.4 Å². The van der Waals surface area contributed by atoms with Crippen molar-refractivity contribution in [2.24, 2.45) is 5.92 Å². The number of aromatic nitrogens is 2. The van der Waals surface area contributed by atoms with Crippen molar-refractivity contribution < 1.29 is 9.90 Å². The number of nitrogens with zero attached hydrogens (tertiary/aromatic N) is 5. The fraction of sp³-hybridized carbons (Fsp3) is 0.429. The van der Waals surface area contributed by atoms with E-state index in [4.69, 9.17) is 0 Å². The second-order valence-corrected chi connectivity index (χ2v) is 9.73. The van der Waals surface area contributed by atoms with Crippen LogP contribution >= 0.6 is 0 Å². The Kier molecular flexibility index (Phi) is 6.62. The lowest BCUT2D eigenvalue weighted by atomic mass is 9.89. The van der Waals surface area contributed by atoms with Crippen LogP contribution in [0.25, 0.3) is 11.2 Å². The van der Waals surface area contributed by atoms with Crippen LogP contribution in [-0.2, 0) is 11.2 Å². The van der Waals surface area contributed by atoms with Crippen LogP contribution in [0, 0.1) is 12.8 Å². The van der Waals surface area contributed by atoms with E-state index in [1.807, 2.05) is 19.2 Å². The molecule has 7 heteroatoms. The highest BCUT2D eigenvalue weighted by molar-refractivity contribution is 5.98. The van der Waals surface area contributed by atoms with Crippen molar-refractivity contribution in [3.05, 3.63) is 77.2 Å². The molecule has 0 aliphatic carbocycles. The van der Waals surface area contributed by atoms with Crippen LogP contribution in [0.2, 0.25) is 0 Å². The largest absolute Gasteiger partial charge is 0.395 e. The minimum Gasteiger partial charge on any atom is -0.395 e. The highest BCUT2D eigenvalue weighted by Gasteiger charge is 2.26. The molecule has 2 aromatic rings. The van der Waals surface area contributed by atoms with Gasteiger partial charge in [0.1, 0.15) is 5.65 Å². The molecule has 1 fully saturated rings. The first-order chi connectivity index (χ1) is 17.0. The number of rotatable bonds is 5. The van der Waals surface area contributed by atoms with Gasteiger partial charge in [-0.1, -0.05) is 19.9 Å². The van der Waals surface area contributed by atoms with Gasteiger partial charge >= 0.3 is 0 Å². The van der Waals surface area contributed by atoms with Crippen molar-refractivity contribution in [2.45, 2.75) is 33.6 Å². The highest BCUT2D eigenvalue weighted by Crippen LogP contribution is 2.32. The molecule has 0 bridgehead atoms. The fourth-order valence-corrected chi connectivity index (χ4v) is 5.26. The lowest BCUT2D eigenvalue weighted by Gasteiger charge is -2.38. The van der Waals surface area contributed by atoms with Crippen LogP contribution in [0.5, 0.6) is 0 Å². The number of amides is 1. The van der Waals surface area contributed by atoms with Crippen molar-refractivity contribution in [3.8, 4) is 0 Å². The number of aryl methyl sites for hydroxylation is 2. The molecule has 2 aromatic heterocycles. The molecule has 7 nitrogen and oxygen atoms in total. The third-order valence-electron chi connectivity index (χ3n) is 7.31. The van der Waals surface area contributed by atoms with E-state index in [-0.39, 0.29) is 18.4 Å². The summed E-state index contributed by atoms with van der Waals surface area (Å²) in [5.74, 6) is 0.206. The highest BCUT2D eigenvalue weighted by atomic mass is 16.3. The average molecular weight is 474 g/mol. The maximum absolute atomic E-state index is 13.6. The summed E-state index contributed by atoms with van der Waals surface area (Å²) in [6.45, 7) is 10.9. The first kappa shape index (κ1) is 23.6. The standard InChI is InChI=1S/C28H35N5O2/c1-4-22-15-23(18-32-17-21(3)29-28(22)32)26-16-27(35)33-19-25(8-7-24(33)6-5-20(26)2)31-11-9-30(10-12-31)13-14-34/h6-8,15-20,34H,4-5,9-14H2,1-3H3. The normalized spacial score (nSPS) is 21.4. The van der Waals surface area contributed by atoms with Crippen molar-refractivity contribution in [1.82, 2.24) is 24.1 Å². The fourth-order valence-electron chi connectivity index (χ4n) is 5.26. The topological polar surface area (TPSA) is 64.3 Å². The van der Waals surface area contributed by atoms with Crippen molar-refractivity contribution in [1.29, 1.82) is 0 Å². The molecule has 3 aliphatic heterocycles. The van der Waals surface area contributed by atoms with E-state index in [1.165, 1.54) is 5.56 Å². The van der Waals surface area contributed by atoms with E-state index in [1.54, 1.807) is 4.90 Å². The zero-order valence-corrected chi connectivity index (χ0v) is 20.9. The molecule has 5 heterocycles. The second kappa shape index (κ2) is 9.84. The van der Waals surface area contributed by atoms with Crippen LogP contribution < -0.4 is 0 Å². The molecule has 1 unspecified atom stereocenters. The zero-order chi connectivity index (χ0) is 24.5. The Bertz CT molecular complexity index is 1240. The summed E-state index contributed by atoms with van der Waals surface area (Å²) in [5.41, 5.74) is 7.33. The van der Waals surface area contributed by atoms with Gasteiger partial charge < -0.3 is 14.4 Å². The summed E-state index contributed by atoms with van der Waals surface area (Å²) in [6.07, 6.45) is 16.1. The summed E-state index contributed by atoms with van der Waals surface area (Å²) in [7, 11) is 0. The SMILES string of the molecule is CCc1cc(C2=CC(=O)N3C=C(N4CCN(CCO)CC4)C=CC3=CCC2C)cn2cc(C)nc12.